The van der Waals surface area contributed by atoms with Gasteiger partial charge in [0.25, 0.3) is 0 Å². The third kappa shape index (κ3) is 5.47. The molecule has 0 aromatic carbocycles. The maximum absolute atomic E-state index is 4.22. The van der Waals surface area contributed by atoms with Gasteiger partial charge in [0.05, 0.1) is 0 Å². The number of hydrogen-bond donors (Lipinski definition) is 0. The predicted octanol–water partition coefficient (Wildman–Crippen LogP) is 5.20. The minimum absolute atomic E-state index is 0.431. The summed E-state index contributed by atoms with van der Waals surface area (Å²) in [4.78, 5) is 0. The van der Waals surface area contributed by atoms with Gasteiger partial charge in [0.15, 0.2) is 0 Å². The van der Waals surface area contributed by atoms with E-state index in [-0.39, 0.29) is 0 Å². The lowest BCUT2D eigenvalue weighted by atomic mass is 9.77. The van der Waals surface area contributed by atoms with Crippen molar-refractivity contribution in [3.8, 4) is 0 Å². The molecule has 14 heavy (non-hydrogen) atoms. The summed E-state index contributed by atoms with van der Waals surface area (Å²) in [5, 5.41) is 0. The van der Waals surface area contributed by atoms with E-state index >= 15 is 0 Å². The molecule has 0 aromatic rings. The molecule has 0 aromatic heterocycles. The first-order chi connectivity index (χ1) is 6.22. The summed E-state index contributed by atoms with van der Waals surface area (Å²) >= 11 is 0. The van der Waals surface area contributed by atoms with Crippen molar-refractivity contribution in [2.75, 3.05) is 0 Å². The van der Waals surface area contributed by atoms with E-state index in [1.165, 1.54) is 31.3 Å². The second kappa shape index (κ2) is 5.00. The zero-order valence-electron chi connectivity index (χ0n) is 11.0. The largest absolute Gasteiger partial charge is 0.0998 e. The van der Waals surface area contributed by atoms with E-state index in [4.69, 9.17) is 0 Å². The zero-order chi connectivity index (χ0) is 11.4. The van der Waals surface area contributed by atoms with Crippen molar-refractivity contribution in [1.29, 1.82) is 0 Å². The molecule has 0 radical (unpaired) electrons. The van der Waals surface area contributed by atoms with E-state index in [9.17, 15) is 0 Å². The lowest BCUT2D eigenvalue weighted by Gasteiger charge is -2.29. The standard InChI is InChI=1S/C14H28/c1-8-13(4,5)10-12(3)11-14(6,7)9-2/h3,8-11H2,1-2,4-7H3. The van der Waals surface area contributed by atoms with Crippen LogP contribution in [0.1, 0.15) is 67.2 Å². The van der Waals surface area contributed by atoms with Crippen molar-refractivity contribution < 1.29 is 0 Å². The first kappa shape index (κ1) is 13.7. The van der Waals surface area contributed by atoms with E-state index in [1.54, 1.807) is 0 Å². The minimum Gasteiger partial charge on any atom is -0.0998 e. The minimum atomic E-state index is 0.431. The zero-order valence-corrected chi connectivity index (χ0v) is 11.0. The second-order valence-corrected chi connectivity index (χ2v) is 6.14. The number of allylic oxidation sites excluding steroid dienone is 1. The Balaban J connectivity index is 4.12. The molecule has 0 amide bonds. The van der Waals surface area contributed by atoms with Crippen molar-refractivity contribution in [1.82, 2.24) is 0 Å². The average molecular weight is 196 g/mol. The highest BCUT2D eigenvalue weighted by molar-refractivity contribution is 5.01. The fraction of sp³-hybridized carbons (Fsp3) is 0.857. The van der Waals surface area contributed by atoms with E-state index < -0.39 is 0 Å². The summed E-state index contributed by atoms with van der Waals surface area (Å²) in [5.74, 6) is 0. The van der Waals surface area contributed by atoms with Crippen LogP contribution in [0.25, 0.3) is 0 Å². The van der Waals surface area contributed by atoms with Crippen molar-refractivity contribution in [3.05, 3.63) is 12.2 Å². The summed E-state index contributed by atoms with van der Waals surface area (Å²) in [5.41, 5.74) is 2.28. The first-order valence-electron chi connectivity index (χ1n) is 5.89. The fourth-order valence-electron chi connectivity index (χ4n) is 1.67. The Hall–Kier alpha value is -0.260. The molecule has 0 aliphatic carbocycles. The lowest BCUT2D eigenvalue weighted by molar-refractivity contribution is 0.305. The van der Waals surface area contributed by atoms with Crippen LogP contribution in [0, 0.1) is 10.8 Å². The topological polar surface area (TPSA) is 0 Å². The molecule has 0 saturated heterocycles. The third-order valence-electron chi connectivity index (χ3n) is 3.37. The first-order valence-corrected chi connectivity index (χ1v) is 5.89. The molecule has 0 aliphatic rings. The molecular formula is C14H28. The molecule has 0 rings (SSSR count). The average Bonchev–Trinajstić information content (AvgIpc) is 2.02. The molecular weight excluding hydrogens is 168 g/mol. The Morgan fingerprint density at radius 2 is 1.14 bits per heavy atom. The lowest BCUT2D eigenvalue weighted by Crippen LogP contribution is -2.15. The van der Waals surface area contributed by atoms with Crippen molar-refractivity contribution in [2.24, 2.45) is 10.8 Å². The fourth-order valence-corrected chi connectivity index (χ4v) is 1.67. The van der Waals surface area contributed by atoms with Crippen molar-refractivity contribution in [2.45, 2.75) is 67.2 Å². The molecule has 0 bridgehead atoms. The van der Waals surface area contributed by atoms with Gasteiger partial charge in [-0.1, -0.05) is 66.5 Å². The Labute approximate surface area is 90.8 Å². The van der Waals surface area contributed by atoms with Gasteiger partial charge >= 0.3 is 0 Å². The Morgan fingerprint density at radius 1 is 0.857 bits per heavy atom. The van der Waals surface area contributed by atoms with Crippen LogP contribution in [0.3, 0.4) is 0 Å². The van der Waals surface area contributed by atoms with Crippen LogP contribution in [0.5, 0.6) is 0 Å². The summed E-state index contributed by atoms with van der Waals surface area (Å²) in [6, 6.07) is 0. The number of rotatable bonds is 6. The Kier molecular flexibility index (Phi) is 4.91. The molecule has 0 N–H and O–H groups in total. The highest BCUT2D eigenvalue weighted by Crippen LogP contribution is 2.35. The quantitative estimate of drug-likeness (QED) is 0.512. The smallest absolute Gasteiger partial charge is 0.0271 e. The second-order valence-electron chi connectivity index (χ2n) is 6.14. The van der Waals surface area contributed by atoms with E-state index in [2.05, 4.69) is 48.1 Å². The molecule has 0 nitrogen and oxygen atoms in total. The summed E-state index contributed by atoms with van der Waals surface area (Å²) in [6.07, 6.45) is 4.82. The van der Waals surface area contributed by atoms with Gasteiger partial charge < -0.3 is 0 Å². The van der Waals surface area contributed by atoms with Crippen LogP contribution in [0.2, 0.25) is 0 Å². The molecule has 84 valence electrons. The van der Waals surface area contributed by atoms with Gasteiger partial charge in [-0.05, 0) is 23.7 Å². The highest BCUT2D eigenvalue weighted by atomic mass is 14.3. The van der Waals surface area contributed by atoms with Gasteiger partial charge in [0, 0.05) is 0 Å². The monoisotopic (exact) mass is 196 g/mol. The molecule has 0 unspecified atom stereocenters. The third-order valence-corrected chi connectivity index (χ3v) is 3.37. The molecule has 0 heteroatoms. The Morgan fingerprint density at radius 3 is 1.36 bits per heavy atom. The van der Waals surface area contributed by atoms with Crippen LogP contribution < -0.4 is 0 Å². The van der Waals surface area contributed by atoms with Gasteiger partial charge in [-0.25, -0.2) is 0 Å². The normalized spacial score (nSPS) is 13.0. The van der Waals surface area contributed by atoms with Gasteiger partial charge in [-0.2, -0.15) is 0 Å². The van der Waals surface area contributed by atoms with Gasteiger partial charge in [0.2, 0.25) is 0 Å². The molecule has 0 heterocycles. The molecule has 0 atom stereocenters. The maximum Gasteiger partial charge on any atom is -0.0271 e. The summed E-state index contributed by atoms with van der Waals surface area (Å²) in [7, 11) is 0. The molecule has 0 spiro atoms. The SMILES string of the molecule is C=C(CC(C)(C)CC)CC(C)(C)CC. The number of hydrogen-bond acceptors (Lipinski definition) is 0. The van der Waals surface area contributed by atoms with E-state index in [1.807, 2.05) is 0 Å². The van der Waals surface area contributed by atoms with Gasteiger partial charge in [-0.15, -0.1) is 0 Å². The Bertz CT molecular complexity index is 164. The summed E-state index contributed by atoms with van der Waals surface area (Å²) in [6.45, 7) is 18.1. The van der Waals surface area contributed by atoms with E-state index in [0.29, 0.717) is 10.8 Å². The molecule has 0 fully saturated rings. The van der Waals surface area contributed by atoms with Crippen LogP contribution in [0.4, 0.5) is 0 Å². The van der Waals surface area contributed by atoms with Gasteiger partial charge in [-0.3, -0.25) is 0 Å². The highest BCUT2D eigenvalue weighted by Gasteiger charge is 2.21. The maximum atomic E-state index is 4.22. The predicted molar refractivity (Wildman–Crippen MR) is 66.5 cm³/mol. The van der Waals surface area contributed by atoms with Crippen LogP contribution in [-0.4, -0.2) is 0 Å². The van der Waals surface area contributed by atoms with E-state index in [0.717, 1.165) is 0 Å². The molecule has 0 saturated carbocycles. The van der Waals surface area contributed by atoms with Crippen LogP contribution in [-0.2, 0) is 0 Å². The molecule has 0 aliphatic heterocycles. The summed E-state index contributed by atoms with van der Waals surface area (Å²) < 4.78 is 0. The van der Waals surface area contributed by atoms with Crippen molar-refractivity contribution >= 4 is 0 Å². The van der Waals surface area contributed by atoms with Gasteiger partial charge in [0.1, 0.15) is 0 Å². The van der Waals surface area contributed by atoms with Crippen molar-refractivity contribution in [3.63, 3.8) is 0 Å². The van der Waals surface area contributed by atoms with Crippen LogP contribution >= 0.6 is 0 Å². The van der Waals surface area contributed by atoms with Crippen LogP contribution in [0.15, 0.2) is 12.2 Å².